The number of carbonyl (C=O) groups is 4. The van der Waals surface area contributed by atoms with Crippen molar-refractivity contribution in [1.29, 1.82) is 0 Å². The average Bonchev–Trinajstić information content (AvgIpc) is 3.58. The zero-order valence-corrected chi connectivity index (χ0v) is 26.9. The number of nitrogens with one attached hydrogen (secondary N) is 1. The summed E-state index contributed by atoms with van der Waals surface area (Å²) in [6.07, 6.45) is 3.50. The predicted molar refractivity (Wildman–Crippen MR) is 175 cm³/mol. The number of hydrogen-bond donors (Lipinski definition) is 4. The molecule has 3 heterocycles. The van der Waals surface area contributed by atoms with Crippen molar-refractivity contribution in [1.82, 2.24) is 24.9 Å². The maximum atomic E-state index is 12.1. The van der Waals surface area contributed by atoms with Crippen LogP contribution in [0.2, 0.25) is 0 Å². The molecule has 0 saturated carbocycles. The number of anilines is 1. The van der Waals surface area contributed by atoms with E-state index in [1.54, 1.807) is 6.07 Å². The highest BCUT2D eigenvalue weighted by molar-refractivity contribution is 6.07. The molecule has 4 aromatic rings. The number of aromatic nitrogens is 3. The van der Waals surface area contributed by atoms with Crippen molar-refractivity contribution in [3.05, 3.63) is 53.3 Å². The fraction of sp³-hybridized carbons (Fsp3) is 0.412. The number of carbonyl (C=O) groups excluding carboxylic acids is 4. The van der Waals surface area contributed by atoms with Crippen LogP contribution in [0.4, 0.5) is 5.82 Å². The number of phenolic OH excluding ortho intramolecular Hbond substituents is 2. The number of unbranched alkanes of at least 4 members (excludes halogenated alkanes) is 1. The molecule has 254 valence electrons. The van der Waals surface area contributed by atoms with Gasteiger partial charge in [-0.1, -0.05) is 25.5 Å². The SMILES string of the molecule is CCCCc1nc2c(N)nc3cc(CCOCCNC(=O)CCCC(=O)ON4C(=O)CCC4=O)ccc3c2n1Cc1cc(O)ccc1O. The number of nitrogen functional groups attached to an aromatic ring is 1. The normalized spacial score (nSPS) is 13.1. The number of phenols is 2. The lowest BCUT2D eigenvalue weighted by Crippen LogP contribution is -2.32. The van der Waals surface area contributed by atoms with E-state index in [4.69, 9.17) is 20.3 Å². The third kappa shape index (κ3) is 8.18. The summed E-state index contributed by atoms with van der Waals surface area (Å²) in [4.78, 5) is 61.3. The Bertz CT molecular complexity index is 1820. The lowest BCUT2D eigenvalue weighted by Gasteiger charge is -2.13. The molecular formula is C34H40N6O8. The monoisotopic (exact) mass is 660 g/mol. The van der Waals surface area contributed by atoms with Crippen molar-refractivity contribution in [2.24, 2.45) is 0 Å². The van der Waals surface area contributed by atoms with Gasteiger partial charge in [0.2, 0.25) is 5.91 Å². The van der Waals surface area contributed by atoms with Crippen LogP contribution in [-0.2, 0) is 48.1 Å². The fourth-order valence-corrected chi connectivity index (χ4v) is 5.57. The number of rotatable bonds is 16. The topological polar surface area (TPSA) is 199 Å². The van der Waals surface area contributed by atoms with Crippen LogP contribution in [0.25, 0.3) is 21.9 Å². The van der Waals surface area contributed by atoms with Crippen LogP contribution < -0.4 is 11.1 Å². The summed E-state index contributed by atoms with van der Waals surface area (Å²) in [7, 11) is 0. The van der Waals surface area contributed by atoms with Gasteiger partial charge in [-0.2, -0.15) is 0 Å². The third-order valence-corrected chi connectivity index (χ3v) is 8.08. The second-order valence-electron chi connectivity index (χ2n) is 11.7. The van der Waals surface area contributed by atoms with E-state index in [-0.39, 0.29) is 49.5 Å². The molecule has 2 aromatic carbocycles. The lowest BCUT2D eigenvalue weighted by atomic mass is 10.1. The number of nitrogens with zero attached hydrogens (tertiary/aromatic N) is 4. The number of imide groups is 1. The van der Waals surface area contributed by atoms with Gasteiger partial charge in [-0.15, -0.1) is 5.06 Å². The van der Waals surface area contributed by atoms with Gasteiger partial charge in [0.25, 0.3) is 11.8 Å². The van der Waals surface area contributed by atoms with Crippen molar-refractivity contribution in [2.75, 3.05) is 25.5 Å². The molecule has 1 fully saturated rings. The summed E-state index contributed by atoms with van der Waals surface area (Å²) in [5, 5.41) is 24.6. The van der Waals surface area contributed by atoms with Crippen LogP contribution in [-0.4, -0.2) is 73.3 Å². The van der Waals surface area contributed by atoms with E-state index < -0.39 is 17.8 Å². The Balaban J connectivity index is 1.13. The number of nitrogens with two attached hydrogens (primary N) is 1. The molecule has 0 radical (unpaired) electrons. The second kappa shape index (κ2) is 15.6. The van der Waals surface area contributed by atoms with Crippen LogP contribution in [0.5, 0.6) is 11.5 Å². The quantitative estimate of drug-likeness (QED) is 0.0780. The summed E-state index contributed by atoms with van der Waals surface area (Å²) in [6.45, 7) is 3.42. The first-order valence-electron chi connectivity index (χ1n) is 16.1. The lowest BCUT2D eigenvalue weighted by molar-refractivity contribution is -0.197. The number of amides is 3. The number of hydroxylamine groups is 2. The van der Waals surface area contributed by atoms with Crippen LogP contribution >= 0.6 is 0 Å². The number of fused-ring (bicyclic) bond motifs is 3. The molecule has 1 aliphatic heterocycles. The minimum absolute atomic E-state index is 0.0259. The van der Waals surface area contributed by atoms with Gasteiger partial charge >= 0.3 is 5.97 Å². The number of benzene rings is 2. The van der Waals surface area contributed by atoms with E-state index in [1.807, 2.05) is 22.8 Å². The Morgan fingerprint density at radius 3 is 2.54 bits per heavy atom. The van der Waals surface area contributed by atoms with Crippen LogP contribution in [0.3, 0.4) is 0 Å². The number of aromatic hydroxyl groups is 2. The minimum atomic E-state index is -0.735. The molecular weight excluding hydrogens is 620 g/mol. The van der Waals surface area contributed by atoms with Crippen molar-refractivity contribution in [3.63, 3.8) is 0 Å². The van der Waals surface area contributed by atoms with Gasteiger partial charge in [0.1, 0.15) is 22.8 Å². The second-order valence-corrected chi connectivity index (χ2v) is 11.7. The Morgan fingerprint density at radius 1 is 0.979 bits per heavy atom. The van der Waals surface area contributed by atoms with Gasteiger partial charge in [-0.25, -0.2) is 14.8 Å². The molecule has 0 unspecified atom stereocenters. The Hall–Kier alpha value is -5.24. The largest absolute Gasteiger partial charge is 0.508 e. The molecule has 0 atom stereocenters. The van der Waals surface area contributed by atoms with Gasteiger partial charge in [-0.3, -0.25) is 14.4 Å². The molecule has 14 nitrogen and oxygen atoms in total. The molecule has 5 N–H and O–H groups in total. The smallest absolute Gasteiger partial charge is 0.333 e. The zero-order valence-electron chi connectivity index (χ0n) is 26.9. The molecule has 3 amide bonds. The molecule has 48 heavy (non-hydrogen) atoms. The highest BCUT2D eigenvalue weighted by Crippen LogP contribution is 2.32. The Morgan fingerprint density at radius 2 is 1.77 bits per heavy atom. The zero-order chi connectivity index (χ0) is 34.2. The van der Waals surface area contributed by atoms with E-state index in [1.165, 1.54) is 12.1 Å². The minimum Gasteiger partial charge on any atom is -0.508 e. The summed E-state index contributed by atoms with van der Waals surface area (Å²) in [5.41, 5.74) is 10.1. The number of imidazole rings is 1. The van der Waals surface area contributed by atoms with Crippen molar-refractivity contribution in [3.8, 4) is 11.5 Å². The standard InChI is InChI=1S/C34H40N6O8/c1-2-3-5-27-38-32-33(39(27)20-22-19-23(41)9-11-26(22)42)24-10-8-21(18-25(24)37-34(32)35)14-16-47-17-15-36-28(43)6-4-7-31(46)48-40-29(44)12-13-30(40)45/h8-11,18-19,41-42H,2-7,12-17,20H2,1H3,(H2,35,37)(H,36,43). The molecule has 14 heteroatoms. The van der Waals surface area contributed by atoms with Gasteiger partial charge < -0.3 is 35.4 Å². The first-order valence-corrected chi connectivity index (χ1v) is 16.1. The van der Waals surface area contributed by atoms with Crippen molar-refractivity contribution in [2.45, 2.75) is 71.3 Å². The number of pyridine rings is 1. The molecule has 0 aliphatic carbocycles. The van der Waals surface area contributed by atoms with Crippen molar-refractivity contribution >= 4 is 51.4 Å². The first kappa shape index (κ1) is 34.1. The summed E-state index contributed by atoms with van der Waals surface area (Å²) < 4.78 is 7.76. The van der Waals surface area contributed by atoms with Gasteiger partial charge in [0, 0.05) is 49.6 Å². The van der Waals surface area contributed by atoms with Gasteiger partial charge in [0.05, 0.1) is 30.8 Å². The van der Waals surface area contributed by atoms with E-state index in [2.05, 4.69) is 17.2 Å². The van der Waals surface area contributed by atoms with E-state index in [0.717, 1.165) is 41.6 Å². The van der Waals surface area contributed by atoms with E-state index >= 15 is 0 Å². The Labute approximate surface area is 276 Å². The molecule has 0 spiro atoms. The number of ether oxygens (including phenoxy) is 1. The van der Waals surface area contributed by atoms with Crippen molar-refractivity contribution < 1.29 is 39.0 Å². The highest BCUT2D eigenvalue weighted by atomic mass is 16.7. The van der Waals surface area contributed by atoms with E-state index in [0.29, 0.717) is 60.2 Å². The molecule has 2 aromatic heterocycles. The first-order chi connectivity index (χ1) is 23.1. The maximum Gasteiger partial charge on any atom is 0.333 e. The third-order valence-electron chi connectivity index (χ3n) is 8.08. The van der Waals surface area contributed by atoms with Gasteiger partial charge in [0.15, 0.2) is 5.82 Å². The summed E-state index contributed by atoms with van der Waals surface area (Å²) in [6, 6.07) is 10.4. The predicted octanol–water partition coefficient (Wildman–Crippen LogP) is 3.42. The number of hydrogen-bond acceptors (Lipinski definition) is 11. The van der Waals surface area contributed by atoms with Gasteiger partial charge in [-0.05, 0) is 49.1 Å². The molecule has 0 bridgehead atoms. The summed E-state index contributed by atoms with van der Waals surface area (Å²) in [5.74, 6) is -0.781. The summed E-state index contributed by atoms with van der Waals surface area (Å²) >= 11 is 0. The Kier molecular flexibility index (Phi) is 11.1. The fourth-order valence-electron chi connectivity index (χ4n) is 5.57. The van der Waals surface area contributed by atoms with Crippen LogP contribution in [0.15, 0.2) is 36.4 Å². The maximum absolute atomic E-state index is 12.1. The van der Waals surface area contributed by atoms with E-state index in [9.17, 15) is 29.4 Å². The molecule has 5 rings (SSSR count). The average molecular weight is 661 g/mol. The molecule has 1 saturated heterocycles. The number of aryl methyl sites for hydroxylation is 1. The van der Waals surface area contributed by atoms with Crippen LogP contribution in [0.1, 0.15) is 68.8 Å². The highest BCUT2D eigenvalue weighted by Gasteiger charge is 2.32. The molecule has 1 aliphatic rings. The van der Waals surface area contributed by atoms with Crippen LogP contribution in [0, 0.1) is 0 Å².